The monoisotopic (exact) mass is 293 g/mol. The van der Waals surface area contributed by atoms with Crippen LogP contribution in [0.5, 0.6) is 5.88 Å². The van der Waals surface area contributed by atoms with Gasteiger partial charge in [-0.25, -0.2) is 4.98 Å². The summed E-state index contributed by atoms with van der Waals surface area (Å²) in [6, 6.07) is 6.29. The Morgan fingerprint density at radius 2 is 2.06 bits per heavy atom. The molecule has 0 N–H and O–H groups in total. The van der Waals surface area contributed by atoms with Crippen molar-refractivity contribution in [2.75, 3.05) is 6.61 Å². The Balaban J connectivity index is 2.73. The molecular weight excluding hydrogens is 278 g/mol. The Labute approximate surface area is 110 Å². The van der Waals surface area contributed by atoms with Crippen LogP contribution in [0.15, 0.2) is 22.7 Å². The lowest BCUT2D eigenvalue weighted by Crippen LogP contribution is -1.98. The van der Waals surface area contributed by atoms with E-state index < -0.39 is 0 Å². The number of hydrogen-bond donors (Lipinski definition) is 0. The highest BCUT2D eigenvalue weighted by Crippen LogP contribution is 2.30. The molecule has 90 valence electrons. The smallest absolute Gasteiger partial charge is 0.214 e. The Morgan fingerprint density at radius 3 is 2.71 bits per heavy atom. The Morgan fingerprint density at radius 1 is 1.29 bits per heavy atom. The zero-order valence-corrected chi connectivity index (χ0v) is 12.0. The third-order valence-corrected chi connectivity index (χ3v) is 3.85. The molecule has 0 spiro atoms. The molecule has 1 aromatic heterocycles. The topological polar surface area (TPSA) is 22.1 Å². The van der Waals surface area contributed by atoms with Crippen LogP contribution < -0.4 is 4.74 Å². The molecule has 2 nitrogen and oxygen atoms in total. The number of hydrogen-bond acceptors (Lipinski definition) is 2. The highest BCUT2D eigenvalue weighted by Gasteiger charge is 2.09. The molecule has 2 aromatic rings. The van der Waals surface area contributed by atoms with Crippen molar-refractivity contribution in [1.29, 1.82) is 0 Å². The van der Waals surface area contributed by atoms with Crippen LogP contribution in [0.2, 0.25) is 0 Å². The van der Waals surface area contributed by atoms with Crippen LogP contribution in [0, 0.1) is 6.92 Å². The van der Waals surface area contributed by atoms with Gasteiger partial charge in [-0.15, -0.1) is 0 Å². The van der Waals surface area contributed by atoms with Gasteiger partial charge in [-0.2, -0.15) is 0 Å². The first-order valence-electron chi connectivity index (χ1n) is 5.88. The lowest BCUT2D eigenvalue weighted by molar-refractivity contribution is 0.328. The van der Waals surface area contributed by atoms with E-state index in [0.717, 1.165) is 16.4 Å². The number of benzene rings is 1. The third kappa shape index (κ3) is 2.29. The molecule has 0 saturated heterocycles. The molecule has 1 heterocycles. The summed E-state index contributed by atoms with van der Waals surface area (Å²) in [5.74, 6) is 0.711. The molecule has 0 saturated carbocycles. The number of nitrogens with zero attached hydrogens (tertiary/aromatic N) is 1. The van der Waals surface area contributed by atoms with Gasteiger partial charge in [-0.05, 0) is 47.3 Å². The van der Waals surface area contributed by atoms with Crippen molar-refractivity contribution in [3.63, 3.8) is 0 Å². The summed E-state index contributed by atoms with van der Waals surface area (Å²) in [4.78, 5) is 4.56. The minimum atomic E-state index is 0.644. The van der Waals surface area contributed by atoms with E-state index >= 15 is 0 Å². The number of aromatic nitrogens is 1. The maximum Gasteiger partial charge on any atom is 0.214 e. The molecule has 0 aliphatic rings. The molecule has 1 aromatic carbocycles. The van der Waals surface area contributed by atoms with Crippen LogP contribution in [0.4, 0.5) is 0 Å². The summed E-state index contributed by atoms with van der Waals surface area (Å²) < 4.78 is 6.58. The maximum atomic E-state index is 5.52. The van der Waals surface area contributed by atoms with Crippen LogP contribution in [0.25, 0.3) is 10.9 Å². The molecule has 0 bridgehead atoms. The predicted molar refractivity (Wildman–Crippen MR) is 74.7 cm³/mol. The Bertz CT molecular complexity index is 551. The van der Waals surface area contributed by atoms with E-state index in [2.05, 4.69) is 46.9 Å². The predicted octanol–water partition coefficient (Wildman–Crippen LogP) is 4.27. The third-order valence-electron chi connectivity index (χ3n) is 2.85. The van der Waals surface area contributed by atoms with Gasteiger partial charge in [0.15, 0.2) is 0 Å². The van der Waals surface area contributed by atoms with Gasteiger partial charge < -0.3 is 4.74 Å². The quantitative estimate of drug-likeness (QED) is 0.843. The minimum Gasteiger partial charge on any atom is -0.478 e. The summed E-state index contributed by atoms with van der Waals surface area (Å²) in [5, 5.41) is 1.20. The number of halogens is 1. The van der Waals surface area contributed by atoms with E-state index in [0.29, 0.717) is 12.5 Å². The van der Waals surface area contributed by atoms with Crippen molar-refractivity contribution in [2.45, 2.75) is 27.2 Å². The zero-order chi connectivity index (χ0) is 12.4. The Kier molecular flexibility index (Phi) is 3.67. The molecule has 3 heteroatoms. The van der Waals surface area contributed by atoms with Crippen molar-refractivity contribution < 1.29 is 4.74 Å². The number of ether oxygens (including phenoxy) is 1. The number of aryl methyl sites for hydroxylation is 2. The fourth-order valence-corrected chi connectivity index (χ4v) is 2.35. The average Bonchev–Trinajstić information content (AvgIpc) is 2.34. The number of pyridine rings is 1. The maximum absolute atomic E-state index is 5.52. The van der Waals surface area contributed by atoms with Crippen LogP contribution in [-0.2, 0) is 6.42 Å². The van der Waals surface area contributed by atoms with E-state index in [9.17, 15) is 0 Å². The summed E-state index contributed by atoms with van der Waals surface area (Å²) in [6.45, 7) is 6.84. The molecule has 0 fully saturated rings. The van der Waals surface area contributed by atoms with E-state index in [-0.39, 0.29) is 0 Å². The first kappa shape index (κ1) is 12.4. The average molecular weight is 294 g/mol. The fourth-order valence-electron chi connectivity index (χ4n) is 1.92. The molecular formula is C14H16BrNO. The Hall–Kier alpha value is -1.09. The van der Waals surface area contributed by atoms with Crippen molar-refractivity contribution in [3.05, 3.63) is 33.8 Å². The van der Waals surface area contributed by atoms with E-state index in [4.69, 9.17) is 4.74 Å². The molecule has 0 radical (unpaired) electrons. The van der Waals surface area contributed by atoms with Gasteiger partial charge in [-0.1, -0.05) is 19.1 Å². The molecule has 2 rings (SSSR count). The SMILES string of the molecule is CCOc1cc(CC)c2ccc(C)c(Br)c2n1. The van der Waals surface area contributed by atoms with Gasteiger partial charge >= 0.3 is 0 Å². The summed E-state index contributed by atoms with van der Waals surface area (Å²) in [5.41, 5.74) is 3.47. The number of fused-ring (bicyclic) bond motifs is 1. The number of rotatable bonds is 3. The van der Waals surface area contributed by atoms with Crippen molar-refractivity contribution in [1.82, 2.24) is 4.98 Å². The first-order valence-corrected chi connectivity index (χ1v) is 6.68. The minimum absolute atomic E-state index is 0.644. The molecule has 17 heavy (non-hydrogen) atoms. The highest BCUT2D eigenvalue weighted by atomic mass is 79.9. The second-order valence-corrected chi connectivity index (χ2v) is 4.79. The van der Waals surface area contributed by atoms with E-state index in [1.165, 1.54) is 16.5 Å². The standard InChI is InChI=1S/C14H16BrNO/c1-4-10-8-12(17-5-2)16-14-11(10)7-6-9(3)13(14)15/h6-8H,4-5H2,1-3H3. The highest BCUT2D eigenvalue weighted by molar-refractivity contribution is 9.10. The molecule has 0 atom stereocenters. The van der Waals surface area contributed by atoms with Crippen LogP contribution in [-0.4, -0.2) is 11.6 Å². The van der Waals surface area contributed by atoms with Crippen molar-refractivity contribution in [3.8, 4) is 5.88 Å². The lowest BCUT2D eigenvalue weighted by Gasteiger charge is -2.10. The van der Waals surface area contributed by atoms with E-state index in [1.54, 1.807) is 0 Å². The van der Waals surface area contributed by atoms with Gasteiger partial charge in [-0.3, -0.25) is 0 Å². The summed E-state index contributed by atoms with van der Waals surface area (Å²) in [6.07, 6.45) is 0.981. The van der Waals surface area contributed by atoms with E-state index in [1.807, 2.05) is 13.0 Å². The molecule has 0 aliphatic carbocycles. The largest absolute Gasteiger partial charge is 0.478 e. The normalized spacial score (nSPS) is 10.8. The zero-order valence-electron chi connectivity index (χ0n) is 10.4. The molecule has 0 amide bonds. The van der Waals surface area contributed by atoms with Crippen molar-refractivity contribution >= 4 is 26.8 Å². The second-order valence-electron chi connectivity index (χ2n) is 4.00. The fraction of sp³-hybridized carbons (Fsp3) is 0.357. The van der Waals surface area contributed by atoms with Gasteiger partial charge in [0.05, 0.1) is 12.1 Å². The van der Waals surface area contributed by atoms with Gasteiger partial charge in [0.1, 0.15) is 0 Å². The second kappa shape index (κ2) is 5.05. The van der Waals surface area contributed by atoms with Gasteiger partial charge in [0.25, 0.3) is 0 Å². The summed E-state index contributed by atoms with van der Waals surface area (Å²) in [7, 11) is 0. The molecule has 0 aliphatic heterocycles. The van der Waals surface area contributed by atoms with Gasteiger partial charge in [0, 0.05) is 15.9 Å². The van der Waals surface area contributed by atoms with Crippen molar-refractivity contribution in [2.24, 2.45) is 0 Å². The van der Waals surface area contributed by atoms with Crippen LogP contribution in [0.3, 0.4) is 0 Å². The van der Waals surface area contributed by atoms with Gasteiger partial charge in [0.2, 0.25) is 5.88 Å². The lowest BCUT2D eigenvalue weighted by atomic mass is 10.1. The first-order chi connectivity index (χ1) is 8.17. The molecule has 0 unspecified atom stereocenters. The summed E-state index contributed by atoms with van der Waals surface area (Å²) >= 11 is 3.61. The van der Waals surface area contributed by atoms with Crippen LogP contribution >= 0.6 is 15.9 Å². The van der Waals surface area contributed by atoms with Crippen LogP contribution in [0.1, 0.15) is 25.0 Å².